The predicted molar refractivity (Wildman–Crippen MR) is 92.9 cm³/mol. The molecular formula is C17H22N6O. The molecule has 1 N–H and O–H groups in total. The van der Waals surface area contributed by atoms with Crippen LogP contribution in [0.15, 0.2) is 36.5 Å². The van der Waals surface area contributed by atoms with E-state index < -0.39 is 0 Å². The summed E-state index contributed by atoms with van der Waals surface area (Å²) in [5, 5.41) is 11.3. The second-order valence-electron chi connectivity index (χ2n) is 5.79. The van der Waals surface area contributed by atoms with E-state index in [1.54, 1.807) is 13.1 Å². The average molecular weight is 326 g/mol. The molecule has 0 spiro atoms. The predicted octanol–water partition coefficient (Wildman–Crippen LogP) is 1.19. The molecule has 1 aromatic heterocycles. The summed E-state index contributed by atoms with van der Waals surface area (Å²) in [6.07, 6.45) is 2.58. The summed E-state index contributed by atoms with van der Waals surface area (Å²) >= 11 is 0. The number of rotatable bonds is 5. The van der Waals surface area contributed by atoms with E-state index in [2.05, 4.69) is 37.5 Å². The fourth-order valence-electron chi connectivity index (χ4n) is 2.74. The molecule has 1 fully saturated rings. The maximum Gasteiger partial charge on any atom is 0.244 e. The van der Waals surface area contributed by atoms with Crippen molar-refractivity contribution in [3.63, 3.8) is 0 Å². The third-order valence-electron chi connectivity index (χ3n) is 4.13. The molecule has 1 aromatic carbocycles. The number of benzene rings is 1. The Hall–Kier alpha value is -2.70. The molecule has 2 heterocycles. The molecule has 0 radical (unpaired) electrons. The van der Waals surface area contributed by atoms with Gasteiger partial charge in [0.2, 0.25) is 11.9 Å². The molecule has 7 nitrogen and oxygen atoms in total. The van der Waals surface area contributed by atoms with Crippen molar-refractivity contribution in [2.45, 2.75) is 13.3 Å². The van der Waals surface area contributed by atoms with E-state index in [4.69, 9.17) is 0 Å². The monoisotopic (exact) mass is 326 g/mol. The number of aromatic nitrogens is 3. The van der Waals surface area contributed by atoms with Gasteiger partial charge in [0.05, 0.1) is 6.20 Å². The smallest absolute Gasteiger partial charge is 0.244 e. The lowest BCUT2D eigenvalue weighted by Crippen LogP contribution is -2.48. The second kappa shape index (κ2) is 7.72. The average Bonchev–Trinajstić information content (AvgIpc) is 2.63. The van der Waals surface area contributed by atoms with E-state index in [-0.39, 0.29) is 5.91 Å². The van der Waals surface area contributed by atoms with Crippen molar-refractivity contribution in [2.24, 2.45) is 0 Å². The van der Waals surface area contributed by atoms with Crippen LogP contribution in [0.1, 0.15) is 12.5 Å². The lowest BCUT2D eigenvalue weighted by molar-refractivity contribution is -0.129. The van der Waals surface area contributed by atoms with E-state index in [1.165, 1.54) is 5.56 Å². The van der Waals surface area contributed by atoms with Gasteiger partial charge >= 0.3 is 0 Å². The fourth-order valence-corrected chi connectivity index (χ4v) is 2.74. The highest BCUT2D eigenvalue weighted by Crippen LogP contribution is 2.13. The van der Waals surface area contributed by atoms with Gasteiger partial charge in [-0.3, -0.25) is 4.79 Å². The van der Waals surface area contributed by atoms with Gasteiger partial charge < -0.3 is 15.1 Å². The van der Waals surface area contributed by atoms with Crippen LogP contribution in [0, 0.1) is 0 Å². The second-order valence-corrected chi connectivity index (χ2v) is 5.79. The molecule has 0 bridgehead atoms. The van der Waals surface area contributed by atoms with Crippen LogP contribution in [-0.4, -0.2) is 58.7 Å². The topological polar surface area (TPSA) is 74.2 Å². The highest BCUT2D eigenvalue weighted by atomic mass is 16.2. The minimum absolute atomic E-state index is 0.124. The Bertz CT molecular complexity index is 670. The van der Waals surface area contributed by atoms with Crippen LogP contribution in [0.25, 0.3) is 0 Å². The summed E-state index contributed by atoms with van der Waals surface area (Å²) in [6.45, 7) is 5.33. The number of nitrogens with zero attached hydrogens (tertiary/aromatic N) is 5. The molecule has 1 aliphatic heterocycles. The van der Waals surface area contributed by atoms with Crippen LogP contribution < -0.4 is 10.2 Å². The maximum absolute atomic E-state index is 11.4. The summed E-state index contributed by atoms with van der Waals surface area (Å²) in [7, 11) is 0. The summed E-state index contributed by atoms with van der Waals surface area (Å²) in [5.74, 6) is 1.46. The van der Waals surface area contributed by atoms with Gasteiger partial charge in [-0.05, 0) is 12.0 Å². The van der Waals surface area contributed by atoms with Crippen LogP contribution >= 0.6 is 0 Å². The highest BCUT2D eigenvalue weighted by molar-refractivity contribution is 5.73. The van der Waals surface area contributed by atoms with Gasteiger partial charge in [0.25, 0.3) is 0 Å². The summed E-state index contributed by atoms with van der Waals surface area (Å²) in [6, 6.07) is 10.3. The van der Waals surface area contributed by atoms with Gasteiger partial charge in [-0.2, -0.15) is 10.1 Å². The summed E-state index contributed by atoms with van der Waals surface area (Å²) in [5.41, 5.74) is 1.27. The first-order valence-electron chi connectivity index (χ1n) is 8.20. The summed E-state index contributed by atoms with van der Waals surface area (Å²) < 4.78 is 0. The number of hydrogen-bond acceptors (Lipinski definition) is 6. The number of nitrogens with one attached hydrogen (secondary N) is 1. The zero-order valence-corrected chi connectivity index (χ0v) is 13.9. The van der Waals surface area contributed by atoms with Gasteiger partial charge in [-0.15, -0.1) is 5.10 Å². The minimum atomic E-state index is 0.124. The maximum atomic E-state index is 11.4. The summed E-state index contributed by atoms with van der Waals surface area (Å²) in [4.78, 5) is 19.9. The molecule has 7 heteroatoms. The highest BCUT2D eigenvalue weighted by Gasteiger charge is 2.20. The molecule has 3 rings (SSSR count). The molecular weight excluding hydrogens is 304 g/mol. The number of amides is 1. The van der Waals surface area contributed by atoms with Gasteiger partial charge in [-0.1, -0.05) is 30.3 Å². The molecule has 24 heavy (non-hydrogen) atoms. The molecule has 0 atom stereocenters. The standard InChI is InChI=1S/C17H22N6O/c1-14(24)22-9-11-23(12-10-22)16-13-19-21-17(20-16)18-8-7-15-5-3-2-4-6-15/h2-6,13H,7-12H2,1H3,(H,18,20,21). The molecule has 1 saturated heterocycles. The Labute approximate surface area is 141 Å². The number of piperazine rings is 1. The molecule has 0 saturated carbocycles. The molecule has 1 amide bonds. The van der Waals surface area contributed by atoms with Crippen molar-refractivity contribution in [2.75, 3.05) is 42.9 Å². The van der Waals surface area contributed by atoms with Crippen molar-refractivity contribution < 1.29 is 4.79 Å². The Morgan fingerprint density at radius 2 is 1.92 bits per heavy atom. The Morgan fingerprint density at radius 3 is 2.62 bits per heavy atom. The first-order valence-corrected chi connectivity index (χ1v) is 8.20. The number of hydrogen-bond donors (Lipinski definition) is 1. The Morgan fingerprint density at radius 1 is 1.17 bits per heavy atom. The molecule has 0 unspecified atom stereocenters. The largest absolute Gasteiger partial charge is 0.353 e. The SMILES string of the molecule is CC(=O)N1CCN(c2cnnc(NCCc3ccccc3)n2)CC1. The van der Waals surface area contributed by atoms with Crippen LogP contribution in [0.2, 0.25) is 0 Å². The fraction of sp³-hybridized carbons (Fsp3) is 0.412. The molecule has 0 aliphatic carbocycles. The lowest BCUT2D eigenvalue weighted by Gasteiger charge is -2.34. The van der Waals surface area contributed by atoms with E-state index in [9.17, 15) is 4.79 Å². The van der Waals surface area contributed by atoms with Crippen molar-refractivity contribution in [3.05, 3.63) is 42.1 Å². The molecule has 126 valence electrons. The van der Waals surface area contributed by atoms with Gasteiger partial charge in [0.15, 0.2) is 5.82 Å². The Kier molecular flexibility index (Phi) is 5.20. The van der Waals surface area contributed by atoms with Crippen LogP contribution in [0.3, 0.4) is 0 Å². The van der Waals surface area contributed by atoms with E-state index >= 15 is 0 Å². The molecule has 1 aliphatic rings. The van der Waals surface area contributed by atoms with Crippen LogP contribution in [-0.2, 0) is 11.2 Å². The zero-order valence-electron chi connectivity index (χ0n) is 13.9. The van der Waals surface area contributed by atoms with E-state index in [1.807, 2.05) is 23.1 Å². The first kappa shape index (κ1) is 16.2. The van der Waals surface area contributed by atoms with Crippen molar-refractivity contribution in [1.82, 2.24) is 20.1 Å². The number of carbonyl (C=O) groups excluding carboxylic acids is 1. The van der Waals surface area contributed by atoms with Crippen LogP contribution in [0.4, 0.5) is 11.8 Å². The van der Waals surface area contributed by atoms with E-state index in [0.717, 1.165) is 45.0 Å². The third-order valence-corrected chi connectivity index (χ3v) is 4.13. The van der Waals surface area contributed by atoms with Crippen LogP contribution in [0.5, 0.6) is 0 Å². The van der Waals surface area contributed by atoms with E-state index in [0.29, 0.717) is 5.95 Å². The zero-order chi connectivity index (χ0) is 16.8. The van der Waals surface area contributed by atoms with Crippen molar-refractivity contribution in [3.8, 4) is 0 Å². The Balaban J connectivity index is 1.53. The van der Waals surface area contributed by atoms with Crippen molar-refractivity contribution >= 4 is 17.7 Å². The van der Waals surface area contributed by atoms with Gasteiger partial charge in [-0.25, -0.2) is 0 Å². The quantitative estimate of drug-likeness (QED) is 0.890. The van der Waals surface area contributed by atoms with Crippen molar-refractivity contribution in [1.29, 1.82) is 0 Å². The number of carbonyl (C=O) groups is 1. The first-order chi connectivity index (χ1) is 11.7. The van der Waals surface area contributed by atoms with Gasteiger partial charge in [0.1, 0.15) is 0 Å². The molecule has 2 aromatic rings. The minimum Gasteiger partial charge on any atom is -0.353 e. The third kappa shape index (κ3) is 4.18. The number of anilines is 2. The normalized spacial score (nSPS) is 14.5. The lowest BCUT2D eigenvalue weighted by atomic mass is 10.1. The van der Waals surface area contributed by atoms with Gasteiger partial charge in [0, 0.05) is 39.6 Å².